The molecule has 1 aromatic carbocycles. The molecule has 0 aliphatic rings. The normalized spacial score (nSPS) is 12.0. The van der Waals surface area contributed by atoms with Crippen LogP contribution in [0.5, 0.6) is 0 Å². The first kappa shape index (κ1) is 19.2. The highest BCUT2D eigenvalue weighted by atomic mass is 19.1. The fourth-order valence-corrected chi connectivity index (χ4v) is 3.84. The largest absolute Gasteiger partial charge is 0.332 e. The zero-order chi connectivity index (χ0) is 21.0. The third-order valence-electron chi connectivity index (χ3n) is 5.46. The molecule has 0 saturated heterocycles. The zero-order valence-corrected chi connectivity index (χ0v) is 17.2. The number of aryl methyl sites for hydroxylation is 2. The lowest BCUT2D eigenvalue weighted by Gasteiger charge is -2.10. The first-order chi connectivity index (χ1) is 13.7. The molecule has 0 unspecified atom stereocenters. The summed E-state index contributed by atoms with van der Waals surface area (Å²) in [6, 6.07) is 6.15. The van der Waals surface area contributed by atoms with Crippen LogP contribution in [0.2, 0.25) is 0 Å². The van der Waals surface area contributed by atoms with E-state index in [2.05, 4.69) is 23.4 Å². The van der Waals surface area contributed by atoms with Crippen LogP contribution in [0.4, 0.5) is 4.39 Å². The van der Waals surface area contributed by atoms with Gasteiger partial charge >= 0.3 is 5.69 Å². The van der Waals surface area contributed by atoms with Gasteiger partial charge in [0.1, 0.15) is 5.82 Å². The number of hydrogen-bond donors (Lipinski definition) is 0. The SMILES string of the molecule is Cc1c(C)n2c3c(=O)n(Cc4ccccc4F)c(=O)n(C)c3nc2n1CC(C)C. The molecule has 0 amide bonds. The van der Waals surface area contributed by atoms with Gasteiger partial charge in [0.15, 0.2) is 11.2 Å². The van der Waals surface area contributed by atoms with Gasteiger partial charge in [-0.15, -0.1) is 0 Å². The summed E-state index contributed by atoms with van der Waals surface area (Å²) in [7, 11) is 1.59. The highest BCUT2D eigenvalue weighted by Gasteiger charge is 2.23. The minimum atomic E-state index is -0.517. The van der Waals surface area contributed by atoms with Crippen molar-refractivity contribution in [3.63, 3.8) is 0 Å². The van der Waals surface area contributed by atoms with E-state index in [1.807, 2.05) is 18.2 Å². The topological polar surface area (TPSA) is 66.2 Å². The Bertz CT molecular complexity index is 1370. The number of imidazole rings is 2. The summed E-state index contributed by atoms with van der Waals surface area (Å²) in [5.41, 5.74) is 1.90. The molecule has 0 radical (unpaired) electrons. The van der Waals surface area contributed by atoms with Crippen molar-refractivity contribution in [1.82, 2.24) is 23.1 Å². The van der Waals surface area contributed by atoms with Crippen molar-refractivity contribution in [2.45, 2.75) is 40.8 Å². The van der Waals surface area contributed by atoms with Gasteiger partial charge in [-0.1, -0.05) is 32.0 Å². The van der Waals surface area contributed by atoms with Gasteiger partial charge in [0.05, 0.1) is 6.54 Å². The lowest BCUT2D eigenvalue weighted by molar-refractivity contribution is 0.524. The van der Waals surface area contributed by atoms with Crippen molar-refractivity contribution in [3.8, 4) is 0 Å². The molecule has 7 nitrogen and oxygen atoms in total. The maximum Gasteiger partial charge on any atom is 0.332 e. The number of halogens is 1. The first-order valence-corrected chi connectivity index (χ1v) is 9.63. The lowest BCUT2D eigenvalue weighted by Crippen LogP contribution is -2.39. The molecule has 29 heavy (non-hydrogen) atoms. The van der Waals surface area contributed by atoms with Crippen LogP contribution in [0.3, 0.4) is 0 Å². The third kappa shape index (κ3) is 2.82. The van der Waals surface area contributed by atoms with Crippen LogP contribution in [0, 0.1) is 25.6 Å². The summed E-state index contributed by atoms with van der Waals surface area (Å²) < 4.78 is 20.5. The van der Waals surface area contributed by atoms with Gasteiger partial charge in [0.25, 0.3) is 5.56 Å². The summed E-state index contributed by atoms with van der Waals surface area (Å²) in [5.74, 6) is 0.583. The summed E-state index contributed by atoms with van der Waals surface area (Å²) in [6.07, 6.45) is 0. The van der Waals surface area contributed by atoms with Crippen molar-refractivity contribution in [1.29, 1.82) is 0 Å². The van der Waals surface area contributed by atoms with E-state index in [1.165, 1.54) is 10.6 Å². The molecule has 0 saturated carbocycles. The average Bonchev–Trinajstić information content (AvgIpc) is 3.17. The van der Waals surface area contributed by atoms with Gasteiger partial charge in [-0.05, 0) is 25.8 Å². The molecular formula is C21H24FN5O2. The van der Waals surface area contributed by atoms with E-state index in [9.17, 15) is 14.0 Å². The van der Waals surface area contributed by atoms with Gasteiger partial charge in [-0.2, -0.15) is 4.98 Å². The molecule has 0 fully saturated rings. The van der Waals surface area contributed by atoms with Gasteiger partial charge in [-0.3, -0.25) is 18.3 Å². The maximum absolute atomic E-state index is 14.1. The Labute approximate surface area is 166 Å². The van der Waals surface area contributed by atoms with Crippen LogP contribution in [0.25, 0.3) is 16.9 Å². The van der Waals surface area contributed by atoms with Crippen molar-refractivity contribution in [2.24, 2.45) is 13.0 Å². The Balaban J connectivity index is 2.06. The Morgan fingerprint density at radius 3 is 2.41 bits per heavy atom. The van der Waals surface area contributed by atoms with Crippen LogP contribution in [-0.2, 0) is 20.1 Å². The number of rotatable bonds is 4. The van der Waals surface area contributed by atoms with E-state index >= 15 is 0 Å². The molecule has 8 heteroatoms. The van der Waals surface area contributed by atoms with E-state index in [0.717, 1.165) is 22.5 Å². The van der Waals surface area contributed by atoms with Gasteiger partial charge in [-0.25, -0.2) is 9.18 Å². The molecule has 3 heterocycles. The number of fused-ring (bicyclic) bond motifs is 3. The van der Waals surface area contributed by atoms with Crippen molar-refractivity contribution in [3.05, 3.63) is 67.9 Å². The summed E-state index contributed by atoms with van der Waals surface area (Å²) in [5, 5.41) is 0. The van der Waals surface area contributed by atoms with Gasteiger partial charge in [0, 0.05) is 30.5 Å². The monoisotopic (exact) mass is 397 g/mol. The minimum Gasteiger partial charge on any atom is -0.314 e. The number of nitrogens with zero attached hydrogens (tertiary/aromatic N) is 5. The summed E-state index contributed by atoms with van der Waals surface area (Å²) >= 11 is 0. The molecule has 0 N–H and O–H groups in total. The second-order valence-electron chi connectivity index (χ2n) is 7.92. The van der Waals surface area contributed by atoms with E-state index in [4.69, 9.17) is 0 Å². The molecule has 4 aromatic rings. The minimum absolute atomic E-state index is 0.133. The van der Waals surface area contributed by atoms with Crippen LogP contribution < -0.4 is 11.2 Å². The van der Waals surface area contributed by atoms with Gasteiger partial charge < -0.3 is 4.57 Å². The molecular weight excluding hydrogens is 373 g/mol. The summed E-state index contributed by atoms with van der Waals surface area (Å²) in [4.78, 5) is 30.9. The molecule has 0 atom stereocenters. The Kier molecular flexibility index (Phi) is 4.44. The average molecular weight is 397 g/mol. The van der Waals surface area contributed by atoms with Crippen LogP contribution >= 0.6 is 0 Å². The van der Waals surface area contributed by atoms with Crippen molar-refractivity contribution >= 4 is 16.9 Å². The highest BCUT2D eigenvalue weighted by Crippen LogP contribution is 2.21. The van der Waals surface area contributed by atoms with E-state index < -0.39 is 17.1 Å². The van der Waals surface area contributed by atoms with E-state index in [1.54, 1.807) is 25.2 Å². The molecule has 0 aliphatic heterocycles. The standard InChI is InChI=1S/C21H24FN5O2/c1-12(2)10-25-13(3)14(4)27-17-18(23-20(25)27)24(5)21(29)26(19(17)28)11-15-8-6-7-9-16(15)22/h6-9,12H,10-11H2,1-5H3. The Morgan fingerprint density at radius 1 is 1.07 bits per heavy atom. The molecule has 4 rings (SSSR count). The second-order valence-corrected chi connectivity index (χ2v) is 7.92. The van der Waals surface area contributed by atoms with Crippen molar-refractivity contribution in [2.75, 3.05) is 0 Å². The smallest absolute Gasteiger partial charge is 0.314 e. The molecule has 0 bridgehead atoms. The first-order valence-electron chi connectivity index (χ1n) is 9.63. The molecule has 0 spiro atoms. The second kappa shape index (κ2) is 6.72. The van der Waals surface area contributed by atoms with Crippen LogP contribution in [0.15, 0.2) is 33.9 Å². The number of hydrogen-bond acceptors (Lipinski definition) is 3. The third-order valence-corrected chi connectivity index (χ3v) is 5.46. The predicted molar refractivity (Wildman–Crippen MR) is 110 cm³/mol. The molecule has 152 valence electrons. The van der Waals surface area contributed by atoms with Gasteiger partial charge in [0.2, 0.25) is 5.78 Å². The molecule has 0 aliphatic carbocycles. The predicted octanol–water partition coefficient (Wildman–Crippen LogP) is 2.61. The van der Waals surface area contributed by atoms with Crippen LogP contribution in [0.1, 0.15) is 30.8 Å². The maximum atomic E-state index is 14.1. The quantitative estimate of drug-likeness (QED) is 0.532. The highest BCUT2D eigenvalue weighted by molar-refractivity contribution is 5.76. The van der Waals surface area contributed by atoms with Crippen molar-refractivity contribution < 1.29 is 4.39 Å². The van der Waals surface area contributed by atoms with E-state index in [0.29, 0.717) is 22.9 Å². The lowest BCUT2D eigenvalue weighted by atomic mass is 10.2. The fraction of sp³-hybridized carbons (Fsp3) is 0.381. The Morgan fingerprint density at radius 2 is 1.76 bits per heavy atom. The Hall–Kier alpha value is -3.16. The van der Waals surface area contributed by atoms with E-state index in [-0.39, 0.29) is 12.1 Å². The number of benzene rings is 1. The summed E-state index contributed by atoms with van der Waals surface area (Å²) in [6.45, 7) is 8.79. The van der Waals surface area contributed by atoms with Crippen LogP contribution in [-0.4, -0.2) is 23.1 Å². The molecule has 3 aromatic heterocycles. The zero-order valence-electron chi connectivity index (χ0n) is 17.2. The fourth-order valence-electron chi connectivity index (χ4n) is 3.84. The number of aromatic nitrogens is 5.